The van der Waals surface area contributed by atoms with Crippen molar-refractivity contribution < 1.29 is 9.59 Å². The number of halogens is 1. The molecule has 1 unspecified atom stereocenters. The third-order valence-corrected chi connectivity index (χ3v) is 4.28. The second kappa shape index (κ2) is 7.01. The predicted octanol–water partition coefficient (Wildman–Crippen LogP) is 3.41. The standard InChI is InChI=1S/C16H22ClN3O2/c1-4-5-11(2)15-19(3)14(21)10-20(15)16(22)18-13-8-6-12(17)7-9-13/h6-9,11,15H,4-5,10H2,1-3H3,(H,18,22)/t11?,15-/m1/s1. The summed E-state index contributed by atoms with van der Waals surface area (Å²) in [6.45, 7) is 4.30. The van der Waals surface area contributed by atoms with Crippen LogP contribution in [0.4, 0.5) is 10.5 Å². The van der Waals surface area contributed by atoms with Crippen LogP contribution in [-0.4, -0.2) is 41.5 Å². The Kier molecular flexibility index (Phi) is 5.29. The molecule has 1 aromatic rings. The highest BCUT2D eigenvalue weighted by atomic mass is 35.5. The summed E-state index contributed by atoms with van der Waals surface area (Å²) in [6.07, 6.45) is 1.79. The Balaban J connectivity index is 2.12. The van der Waals surface area contributed by atoms with Crippen LogP contribution in [0.25, 0.3) is 0 Å². The fourth-order valence-corrected chi connectivity index (χ4v) is 3.05. The molecule has 22 heavy (non-hydrogen) atoms. The first-order valence-corrected chi connectivity index (χ1v) is 7.90. The minimum Gasteiger partial charge on any atom is -0.323 e. The minimum atomic E-state index is -0.257. The van der Waals surface area contributed by atoms with Crippen molar-refractivity contribution in [3.05, 3.63) is 29.3 Å². The van der Waals surface area contributed by atoms with Crippen molar-refractivity contribution in [1.82, 2.24) is 9.80 Å². The Labute approximate surface area is 136 Å². The van der Waals surface area contributed by atoms with Gasteiger partial charge in [0.15, 0.2) is 0 Å². The van der Waals surface area contributed by atoms with Gasteiger partial charge in [0.05, 0.1) is 0 Å². The van der Waals surface area contributed by atoms with Crippen molar-refractivity contribution >= 4 is 29.2 Å². The molecule has 0 radical (unpaired) electrons. The molecule has 1 aliphatic rings. The molecule has 1 fully saturated rings. The molecule has 120 valence electrons. The molecule has 6 heteroatoms. The molecule has 0 spiro atoms. The van der Waals surface area contributed by atoms with Gasteiger partial charge in [0.25, 0.3) is 0 Å². The third-order valence-electron chi connectivity index (χ3n) is 4.02. The van der Waals surface area contributed by atoms with Crippen LogP contribution in [0.1, 0.15) is 26.7 Å². The van der Waals surface area contributed by atoms with Gasteiger partial charge < -0.3 is 10.2 Å². The molecule has 2 atom stereocenters. The first kappa shape index (κ1) is 16.6. The van der Waals surface area contributed by atoms with Gasteiger partial charge in [-0.2, -0.15) is 0 Å². The number of benzene rings is 1. The zero-order valence-electron chi connectivity index (χ0n) is 13.2. The number of rotatable bonds is 4. The number of urea groups is 1. The Bertz CT molecular complexity index is 547. The van der Waals surface area contributed by atoms with E-state index in [-0.39, 0.29) is 30.6 Å². The van der Waals surface area contributed by atoms with E-state index in [1.807, 2.05) is 0 Å². The summed E-state index contributed by atoms with van der Waals surface area (Å²) in [5, 5.41) is 3.44. The topological polar surface area (TPSA) is 52.7 Å². The van der Waals surface area contributed by atoms with E-state index in [2.05, 4.69) is 19.2 Å². The summed E-state index contributed by atoms with van der Waals surface area (Å²) < 4.78 is 0. The monoisotopic (exact) mass is 323 g/mol. The van der Waals surface area contributed by atoms with Crippen molar-refractivity contribution in [2.24, 2.45) is 5.92 Å². The molecule has 1 aliphatic heterocycles. The zero-order valence-corrected chi connectivity index (χ0v) is 13.9. The summed E-state index contributed by atoms with van der Waals surface area (Å²) in [6, 6.07) is 6.66. The van der Waals surface area contributed by atoms with Gasteiger partial charge in [0.2, 0.25) is 5.91 Å². The molecule has 0 saturated carbocycles. The lowest BCUT2D eigenvalue weighted by Gasteiger charge is -2.32. The van der Waals surface area contributed by atoms with Crippen LogP contribution in [-0.2, 0) is 4.79 Å². The van der Waals surface area contributed by atoms with E-state index in [1.165, 1.54) is 0 Å². The summed E-state index contributed by atoms with van der Waals surface area (Å²) in [5.41, 5.74) is 0.665. The van der Waals surface area contributed by atoms with Crippen LogP contribution in [0, 0.1) is 5.92 Å². The number of hydrogen-bond acceptors (Lipinski definition) is 2. The summed E-state index contributed by atoms with van der Waals surface area (Å²) in [7, 11) is 1.76. The summed E-state index contributed by atoms with van der Waals surface area (Å²) in [5.74, 6) is 0.205. The van der Waals surface area contributed by atoms with Crippen LogP contribution < -0.4 is 5.32 Å². The largest absolute Gasteiger partial charge is 0.323 e. The fraction of sp³-hybridized carbons (Fsp3) is 0.500. The molecule has 3 amide bonds. The molecule has 1 saturated heterocycles. The van der Waals surface area contributed by atoms with Gasteiger partial charge in [-0.25, -0.2) is 4.79 Å². The number of amides is 3. The van der Waals surface area contributed by atoms with Crippen molar-refractivity contribution in [3.8, 4) is 0 Å². The predicted molar refractivity (Wildman–Crippen MR) is 87.8 cm³/mol. The lowest BCUT2D eigenvalue weighted by Crippen LogP contribution is -2.46. The van der Waals surface area contributed by atoms with Crippen molar-refractivity contribution in [2.45, 2.75) is 32.9 Å². The molecule has 0 aromatic heterocycles. The molecule has 1 heterocycles. The van der Waals surface area contributed by atoms with Gasteiger partial charge >= 0.3 is 6.03 Å². The molecule has 0 aliphatic carbocycles. The lowest BCUT2D eigenvalue weighted by molar-refractivity contribution is -0.127. The smallest absolute Gasteiger partial charge is 0.323 e. The van der Waals surface area contributed by atoms with Crippen molar-refractivity contribution in [1.29, 1.82) is 0 Å². The number of carbonyl (C=O) groups is 2. The molecule has 2 rings (SSSR count). The highest BCUT2D eigenvalue weighted by molar-refractivity contribution is 6.30. The molecule has 1 N–H and O–H groups in total. The summed E-state index contributed by atoms with van der Waals surface area (Å²) >= 11 is 5.84. The molecule has 5 nitrogen and oxygen atoms in total. The number of hydrogen-bond donors (Lipinski definition) is 1. The van der Waals surface area contributed by atoms with Crippen LogP contribution >= 0.6 is 11.6 Å². The average Bonchev–Trinajstić information content (AvgIpc) is 2.78. The highest BCUT2D eigenvalue weighted by Crippen LogP contribution is 2.25. The maximum absolute atomic E-state index is 12.5. The zero-order chi connectivity index (χ0) is 16.3. The number of anilines is 1. The number of nitrogens with one attached hydrogen (secondary N) is 1. The van der Waals surface area contributed by atoms with Crippen LogP contribution in [0.15, 0.2) is 24.3 Å². The first-order valence-electron chi connectivity index (χ1n) is 7.53. The van der Waals surface area contributed by atoms with E-state index in [9.17, 15) is 9.59 Å². The molecule has 1 aromatic carbocycles. The van der Waals surface area contributed by atoms with Gasteiger partial charge in [-0.1, -0.05) is 31.9 Å². The normalized spacial score (nSPS) is 19.5. The van der Waals surface area contributed by atoms with Gasteiger partial charge in [-0.15, -0.1) is 0 Å². The van der Waals surface area contributed by atoms with Gasteiger partial charge in [-0.3, -0.25) is 9.69 Å². The van der Waals surface area contributed by atoms with Gasteiger partial charge in [-0.05, 0) is 36.6 Å². The van der Waals surface area contributed by atoms with E-state index in [4.69, 9.17) is 11.6 Å². The Morgan fingerprint density at radius 1 is 1.41 bits per heavy atom. The Hall–Kier alpha value is -1.75. The van der Waals surface area contributed by atoms with E-state index in [1.54, 1.807) is 41.1 Å². The van der Waals surface area contributed by atoms with Crippen molar-refractivity contribution in [2.75, 3.05) is 18.9 Å². The van der Waals surface area contributed by atoms with E-state index in [0.717, 1.165) is 12.8 Å². The third kappa shape index (κ3) is 3.53. The highest BCUT2D eigenvalue weighted by Gasteiger charge is 2.41. The van der Waals surface area contributed by atoms with Gasteiger partial charge in [0.1, 0.15) is 12.7 Å². The molecular formula is C16H22ClN3O2. The van der Waals surface area contributed by atoms with Crippen LogP contribution in [0.2, 0.25) is 5.02 Å². The Morgan fingerprint density at radius 2 is 2.05 bits per heavy atom. The average molecular weight is 324 g/mol. The fourth-order valence-electron chi connectivity index (χ4n) is 2.92. The van der Waals surface area contributed by atoms with E-state index < -0.39 is 0 Å². The quantitative estimate of drug-likeness (QED) is 0.923. The summed E-state index contributed by atoms with van der Waals surface area (Å²) in [4.78, 5) is 27.8. The SMILES string of the molecule is CCCC(C)[C@@H]1N(C)C(=O)CN1C(=O)Nc1ccc(Cl)cc1. The minimum absolute atomic E-state index is 0.0285. The maximum atomic E-state index is 12.5. The lowest BCUT2D eigenvalue weighted by atomic mass is 10.0. The van der Waals surface area contributed by atoms with E-state index in [0.29, 0.717) is 10.7 Å². The number of likely N-dealkylation sites (N-methyl/N-ethyl adjacent to an activating group) is 1. The Morgan fingerprint density at radius 3 is 2.64 bits per heavy atom. The van der Waals surface area contributed by atoms with Gasteiger partial charge in [0, 0.05) is 17.8 Å². The number of nitrogens with zero attached hydrogens (tertiary/aromatic N) is 2. The molecule has 0 bridgehead atoms. The maximum Gasteiger partial charge on any atom is 0.323 e. The van der Waals surface area contributed by atoms with Crippen LogP contribution in [0.3, 0.4) is 0 Å². The second-order valence-electron chi connectivity index (χ2n) is 5.75. The first-order chi connectivity index (χ1) is 10.4. The van der Waals surface area contributed by atoms with E-state index >= 15 is 0 Å². The second-order valence-corrected chi connectivity index (χ2v) is 6.19. The van der Waals surface area contributed by atoms with Crippen LogP contribution in [0.5, 0.6) is 0 Å². The molecular weight excluding hydrogens is 302 g/mol. The number of carbonyl (C=O) groups excluding carboxylic acids is 2. The van der Waals surface area contributed by atoms with Crippen molar-refractivity contribution in [3.63, 3.8) is 0 Å².